The number of para-hydroxylation sites is 1. The van der Waals surface area contributed by atoms with Crippen molar-refractivity contribution in [1.29, 1.82) is 0 Å². The van der Waals surface area contributed by atoms with Gasteiger partial charge in [-0.05, 0) is 25.0 Å². The Morgan fingerprint density at radius 1 is 1.29 bits per heavy atom. The van der Waals surface area contributed by atoms with Gasteiger partial charge < -0.3 is 15.1 Å². The summed E-state index contributed by atoms with van der Waals surface area (Å²) in [6.45, 7) is 6.51. The molecule has 4 nitrogen and oxygen atoms in total. The molecule has 1 aromatic carbocycles. The van der Waals surface area contributed by atoms with Gasteiger partial charge in [-0.1, -0.05) is 19.9 Å². The van der Waals surface area contributed by atoms with E-state index in [1.165, 1.54) is 0 Å². The lowest BCUT2D eigenvalue weighted by molar-refractivity contribution is 0.467. The van der Waals surface area contributed by atoms with Crippen LogP contribution >= 0.6 is 0 Å². The third-order valence-electron chi connectivity index (χ3n) is 3.32. The first kappa shape index (κ1) is 11.8. The van der Waals surface area contributed by atoms with Crippen LogP contribution in [0.5, 0.6) is 0 Å². The Kier molecular flexibility index (Phi) is 2.96. The van der Waals surface area contributed by atoms with E-state index in [9.17, 15) is 0 Å². The zero-order valence-corrected chi connectivity index (χ0v) is 10.8. The Bertz CT molecular complexity index is 518. The summed E-state index contributed by atoms with van der Waals surface area (Å²) in [7, 11) is 1.99. The fourth-order valence-electron chi connectivity index (χ4n) is 1.73. The van der Waals surface area contributed by atoms with Gasteiger partial charge in [-0.15, -0.1) is 0 Å². The van der Waals surface area contributed by atoms with Crippen molar-refractivity contribution in [2.45, 2.75) is 26.8 Å². The number of rotatable bonds is 3. The quantitative estimate of drug-likeness (QED) is 0.828. The molecule has 2 aromatic rings. The summed E-state index contributed by atoms with van der Waals surface area (Å²) < 4.78 is 5.72. The number of aromatic nitrogens is 1. The molecule has 2 N–H and O–H groups in total. The topological polar surface area (TPSA) is 55.3 Å². The summed E-state index contributed by atoms with van der Waals surface area (Å²) in [5.41, 5.74) is 8.00. The molecule has 1 unspecified atom stereocenters. The lowest BCUT2D eigenvalue weighted by Gasteiger charge is -2.26. The van der Waals surface area contributed by atoms with Crippen LogP contribution in [0, 0.1) is 5.92 Å². The molecule has 0 saturated carbocycles. The van der Waals surface area contributed by atoms with Gasteiger partial charge in [0.1, 0.15) is 5.52 Å². The molecule has 0 fully saturated rings. The van der Waals surface area contributed by atoms with E-state index >= 15 is 0 Å². The molecule has 0 aliphatic carbocycles. The second-order valence-electron chi connectivity index (χ2n) is 4.79. The van der Waals surface area contributed by atoms with Crippen LogP contribution in [0.3, 0.4) is 0 Å². The highest BCUT2D eigenvalue weighted by Gasteiger charge is 2.19. The van der Waals surface area contributed by atoms with E-state index in [2.05, 4.69) is 25.8 Å². The van der Waals surface area contributed by atoms with Crippen LogP contribution in [-0.4, -0.2) is 18.1 Å². The zero-order chi connectivity index (χ0) is 12.6. The van der Waals surface area contributed by atoms with Gasteiger partial charge in [0.25, 0.3) is 6.01 Å². The molecule has 0 aliphatic rings. The van der Waals surface area contributed by atoms with E-state index in [0.717, 1.165) is 11.1 Å². The van der Waals surface area contributed by atoms with Gasteiger partial charge in [-0.2, -0.15) is 4.98 Å². The molecule has 1 heterocycles. The molecule has 0 aliphatic heterocycles. The highest BCUT2D eigenvalue weighted by atomic mass is 16.4. The van der Waals surface area contributed by atoms with Gasteiger partial charge in [0, 0.05) is 13.1 Å². The Labute approximate surface area is 101 Å². The minimum absolute atomic E-state index is 0.365. The van der Waals surface area contributed by atoms with Gasteiger partial charge in [0.05, 0.1) is 5.69 Å². The number of oxazole rings is 1. The molecule has 2 rings (SSSR count). The van der Waals surface area contributed by atoms with Crippen molar-refractivity contribution in [2.75, 3.05) is 17.7 Å². The molecule has 92 valence electrons. The van der Waals surface area contributed by atoms with E-state index in [-0.39, 0.29) is 0 Å². The summed E-state index contributed by atoms with van der Waals surface area (Å²) in [6, 6.07) is 6.58. The molecule has 0 radical (unpaired) electrons. The number of hydrogen-bond acceptors (Lipinski definition) is 4. The number of nitrogen functional groups attached to an aromatic ring is 1. The lowest BCUT2D eigenvalue weighted by atomic mass is 10.1. The molecule has 1 atom stereocenters. The molecule has 0 amide bonds. The highest BCUT2D eigenvalue weighted by Crippen LogP contribution is 2.27. The van der Waals surface area contributed by atoms with Gasteiger partial charge in [0.15, 0.2) is 5.58 Å². The minimum atomic E-state index is 0.365. The van der Waals surface area contributed by atoms with E-state index < -0.39 is 0 Å². The molecule has 1 aromatic heterocycles. The van der Waals surface area contributed by atoms with Gasteiger partial charge >= 0.3 is 0 Å². The fourth-order valence-corrected chi connectivity index (χ4v) is 1.73. The Morgan fingerprint density at radius 2 is 2.00 bits per heavy atom. The lowest BCUT2D eigenvalue weighted by Crippen LogP contribution is -2.33. The van der Waals surface area contributed by atoms with E-state index in [1.807, 2.05) is 30.1 Å². The SMILES string of the molecule is CC(C)C(C)N(C)c1nc2c(N)cccc2o1. The smallest absolute Gasteiger partial charge is 0.298 e. The summed E-state index contributed by atoms with van der Waals surface area (Å²) >= 11 is 0. The monoisotopic (exact) mass is 233 g/mol. The Hall–Kier alpha value is -1.71. The van der Waals surface area contributed by atoms with Crippen molar-refractivity contribution in [3.8, 4) is 0 Å². The van der Waals surface area contributed by atoms with Crippen LogP contribution in [-0.2, 0) is 0 Å². The predicted octanol–water partition coefficient (Wildman–Crippen LogP) is 2.89. The maximum absolute atomic E-state index is 5.86. The van der Waals surface area contributed by atoms with Crippen LogP contribution in [0.4, 0.5) is 11.7 Å². The number of hydrogen-bond donors (Lipinski definition) is 1. The van der Waals surface area contributed by atoms with Crippen LogP contribution in [0.25, 0.3) is 11.1 Å². The van der Waals surface area contributed by atoms with Crippen LogP contribution < -0.4 is 10.6 Å². The standard InChI is InChI=1S/C13H19N3O/c1-8(2)9(3)16(4)13-15-12-10(14)6-5-7-11(12)17-13/h5-9H,14H2,1-4H3. The molecule has 0 bridgehead atoms. The maximum Gasteiger partial charge on any atom is 0.298 e. The minimum Gasteiger partial charge on any atom is -0.423 e. The van der Waals surface area contributed by atoms with Crippen molar-refractivity contribution < 1.29 is 4.42 Å². The van der Waals surface area contributed by atoms with Crippen molar-refractivity contribution >= 4 is 22.8 Å². The largest absolute Gasteiger partial charge is 0.423 e. The van der Waals surface area contributed by atoms with Gasteiger partial charge in [-0.25, -0.2) is 0 Å². The molecular weight excluding hydrogens is 214 g/mol. The molecule has 4 heteroatoms. The summed E-state index contributed by atoms with van der Waals surface area (Å²) in [5, 5.41) is 0. The fraction of sp³-hybridized carbons (Fsp3) is 0.462. The highest BCUT2D eigenvalue weighted by molar-refractivity contribution is 5.86. The molecule has 17 heavy (non-hydrogen) atoms. The third-order valence-corrected chi connectivity index (χ3v) is 3.32. The number of benzene rings is 1. The third kappa shape index (κ3) is 2.07. The number of nitrogens with two attached hydrogens (primary N) is 1. The second-order valence-corrected chi connectivity index (χ2v) is 4.79. The summed E-state index contributed by atoms with van der Waals surface area (Å²) in [5.74, 6) is 0.535. The predicted molar refractivity (Wildman–Crippen MR) is 71.1 cm³/mol. The van der Waals surface area contributed by atoms with Crippen LogP contribution in [0.2, 0.25) is 0 Å². The Morgan fingerprint density at radius 3 is 2.59 bits per heavy atom. The number of fused-ring (bicyclic) bond motifs is 1. The van der Waals surface area contributed by atoms with Crippen molar-refractivity contribution in [3.63, 3.8) is 0 Å². The van der Waals surface area contributed by atoms with Gasteiger partial charge in [0.2, 0.25) is 0 Å². The van der Waals surface area contributed by atoms with Crippen molar-refractivity contribution in [2.24, 2.45) is 5.92 Å². The average molecular weight is 233 g/mol. The first-order valence-corrected chi connectivity index (χ1v) is 5.88. The van der Waals surface area contributed by atoms with Crippen molar-refractivity contribution in [3.05, 3.63) is 18.2 Å². The summed E-state index contributed by atoms with van der Waals surface area (Å²) in [6.07, 6.45) is 0. The molecular formula is C13H19N3O. The average Bonchev–Trinajstić information content (AvgIpc) is 2.72. The van der Waals surface area contributed by atoms with Gasteiger partial charge in [-0.3, -0.25) is 0 Å². The first-order valence-electron chi connectivity index (χ1n) is 5.88. The first-order chi connectivity index (χ1) is 8.00. The summed E-state index contributed by atoms with van der Waals surface area (Å²) in [4.78, 5) is 6.50. The van der Waals surface area contributed by atoms with E-state index in [4.69, 9.17) is 10.2 Å². The van der Waals surface area contributed by atoms with Crippen LogP contribution in [0.1, 0.15) is 20.8 Å². The van der Waals surface area contributed by atoms with Crippen molar-refractivity contribution in [1.82, 2.24) is 4.98 Å². The van der Waals surface area contributed by atoms with Crippen LogP contribution in [0.15, 0.2) is 22.6 Å². The Balaban J connectivity index is 2.40. The normalized spacial score (nSPS) is 13.2. The maximum atomic E-state index is 5.86. The number of nitrogens with zero attached hydrogens (tertiary/aromatic N) is 2. The van der Waals surface area contributed by atoms with E-state index in [0.29, 0.717) is 23.7 Å². The molecule has 0 saturated heterocycles. The zero-order valence-electron chi connectivity index (χ0n) is 10.8. The molecule has 0 spiro atoms. The number of anilines is 2. The second kappa shape index (κ2) is 4.28. The van der Waals surface area contributed by atoms with E-state index in [1.54, 1.807) is 0 Å².